The van der Waals surface area contributed by atoms with Gasteiger partial charge in [-0.3, -0.25) is 9.79 Å². The van der Waals surface area contributed by atoms with Crippen molar-refractivity contribution in [1.29, 1.82) is 0 Å². The van der Waals surface area contributed by atoms with Crippen molar-refractivity contribution in [3.8, 4) is 0 Å². The highest BCUT2D eigenvalue weighted by Crippen LogP contribution is 2.03. The molecule has 1 rings (SSSR count). The third-order valence-corrected chi connectivity index (χ3v) is 2.24. The standard InChI is InChI=1S/C12H18N4O.HI/c1-9-4-3-5-10(8-9)11(17)15-6-7-16-12(13)14-2;/h3-5,8H,6-7H2,1-2H3,(H,15,17)(H3,13,14,16);1H. The van der Waals surface area contributed by atoms with Crippen LogP contribution in [0.2, 0.25) is 0 Å². The van der Waals surface area contributed by atoms with Crippen LogP contribution in [0.25, 0.3) is 0 Å². The molecule has 0 radical (unpaired) electrons. The van der Waals surface area contributed by atoms with Crippen molar-refractivity contribution in [3.63, 3.8) is 0 Å². The minimum atomic E-state index is -0.0810. The minimum absolute atomic E-state index is 0. The van der Waals surface area contributed by atoms with Gasteiger partial charge in [0.25, 0.3) is 5.91 Å². The van der Waals surface area contributed by atoms with E-state index >= 15 is 0 Å². The molecule has 1 amide bonds. The number of amides is 1. The zero-order valence-corrected chi connectivity index (χ0v) is 12.9. The maximum absolute atomic E-state index is 11.7. The average Bonchev–Trinajstić information content (AvgIpc) is 2.34. The predicted octanol–water partition coefficient (Wildman–Crippen LogP) is 0.877. The molecular weight excluding hydrogens is 343 g/mol. The number of carbonyl (C=O) groups is 1. The van der Waals surface area contributed by atoms with E-state index in [0.29, 0.717) is 24.6 Å². The summed E-state index contributed by atoms with van der Waals surface area (Å²) < 4.78 is 0. The summed E-state index contributed by atoms with van der Waals surface area (Å²) in [4.78, 5) is 15.5. The van der Waals surface area contributed by atoms with Crippen LogP contribution in [0.5, 0.6) is 0 Å². The number of nitrogens with zero attached hydrogens (tertiary/aromatic N) is 1. The molecule has 0 saturated carbocycles. The number of carbonyl (C=O) groups excluding carboxylic acids is 1. The summed E-state index contributed by atoms with van der Waals surface area (Å²) in [5.74, 6) is 0.289. The molecule has 5 nitrogen and oxygen atoms in total. The van der Waals surface area contributed by atoms with E-state index in [2.05, 4.69) is 15.6 Å². The van der Waals surface area contributed by atoms with Crippen LogP contribution >= 0.6 is 24.0 Å². The molecule has 0 fully saturated rings. The van der Waals surface area contributed by atoms with Gasteiger partial charge in [-0.2, -0.15) is 0 Å². The quantitative estimate of drug-likeness (QED) is 0.322. The summed E-state index contributed by atoms with van der Waals surface area (Å²) >= 11 is 0. The molecule has 18 heavy (non-hydrogen) atoms. The van der Waals surface area contributed by atoms with Crippen molar-refractivity contribution in [2.24, 2.45) is 10.7 Å². The van der Waals surface area contributed by atoms with Gasteiger partial charge in [-0.1, -0.05) is 17.7 Å². The van der Waals surface area contributed by atoms with Crippen LogP contribution in [0.4, 0.5) is 0 Å². The second-order valence-corrected chi connectivity index (χ2v) is 3.66. The first kappa shape index (κ1) is 16.7. The minimum Gasteiger partial charge on any atom is -0.370 e. The third-order valence-electron chi connectivity index (χ3n) is 2.24. The Balaban J connectivity index is 0.00000289. The summed E-state index contributed by atoms with van der Waals surface area (Å²) in [6, 6.07) is 7.46. The molecule has 1 aromatic carbocycles. The van der Waals surface area contributed by atoms with Crippen LogP contribution in [0, 0.1) is 6.92 Å². The Bertz CT molecular complexity index is 420. The first-order valence-electron chi connectivity index (χ1n) is 5.44. The van der Waals surface area contributed by atoms with Crippen molar-refractivity contribution in [3.05, 3.63) is 35.4 Å². The highest BCUT2D eigenvalue weighted by molar-refractivity contribution is 14.0. The van der Waals surface area contributed by atoms with Gasteiger partial charge in [0.05, 0.1) is 0 Å². The number of hydrogen-bond acceptors (Lipinski definition) is 2. The van der Waals surface area contributed by atoms with Gasteiger partial charge >= 0.3 is 0 Å². The van der Waals surface area contributed by atoms with E-state index in [0.717, 1.165) is 5.56 Å². The van der Waals surface area contributed by atoms with Gasteiger partial charge < -0.3 is 16.4 Å². The number of rotatable bonds is 4. The van der Waals surface area contributed by atoms with Gasteiger partial charge in [0.2, 0.25) is 0 Å². The van der Waals surface area contributed by atoms with Crippen LogP contribution in [-0.4, -0.2) is 32.0 Å². The highest BCUT2D eigenvalue weighted by atomic mass is 127. The lowest BCUT2D eigenvalue weighted by Crippen LogP contribution is -2.38. The van der Waals surface area contributed by atoms with Crippen molar-refractivity contribution in [2.45, 2.75) is 6.92 Å². The van der Waals surface area contributed by atoms with Crippen molar-refractivity contribution in [2.75, 3.05) is 20.1 Å². The first-order chi connectivity index (χ1) is 8.13. The Hall–Kier alpha value is -1.31. The number of benzene rings is 1. The fourth-order valence-corrected chi connectivity index (χ4v) is 1.33. The number of nitrogens with two attached hydrogens (primary N) is 1. The molecule has 4 N–H and O–H groups in total. The Morgan fingerprint density at radius 2 is 2.00 bits per heavy atom. The summed E-state index contributed by atoms with van der Waals surface area (Å²) in [6.07, 6.45) is 0. The molecule has 0 aromatic heterocycles. The fraction of sp³-hybridized carbons (Fsp3) is 0.333. The molecule has 0 spiro atoms. The van der Waals surface area contributed by atoms with E-state index in [9.17, 15) is 4.79 Å². The van der Waals surface area contributed by atoms with E-state index in [1.165, 1.54) is 0 Å². The number of halogens is 1. The topological polar surface area (TPSA) is 79.5 Å². The summed E-state index contributed by atoms with van der Waals surface area (Å²) in [5.41, 5.74) is 7.18. The van der Waals surface area contributed by atoms with E-state index < -0.39 is 0 Å². The predicted molar refractivity (Wildman–Crippen MR) is 84.5 cm³/mol. The molecule has 0 aliphatic carbocycles. The molecule has 0 saturated heterocycles. The van der Waals surface area contributed by atoms with Crippen LogP contribution in [0.3, 0.4) is 0 Å². The number of guanidine groups is 1. The molecule has 1 aromatic rings. The van der Waals surface area contributed by atoms with Gasteiger partial charge in [-0.25, -0.2) is 0 Å². The molecule has 0 aliphatic heterocycles. The summed E-state index contributed by atoms with van der Waals surface area (Å²) in [7, 11) is 1.60. The van der Waals surface area contributed by atoms with Crippen molar-refractivity contribution < 1.29 is 4.79 Å². The lowest BCUT2D eigenvalue weighted by atomic mass is 10.1. The summed E-state index contributed by atoms with van der Waals surface area (Å²) in [6.45, 7) is 3.01. The van der Waals surface area contributed by atoms with E-state index in [4.69, 9.17) is 5.73 Å². The van der Waals surface area contributed by atoms with Gasteiger partial charge in [0.1, 0.15) is 0 Å². The second-order valence-electron chi connectivity index (χ2n) is 3.66. The SMILES string of the molecule is CN=C(N)NCCNC(=O)c1cccc(C)c1.I. The molecule has 6 heteroatoms. The molecular formula is C12H19IN4O. The van der Waals surface area contributed by atoms with Gasteiger partial charge in [-0.05, 0) is 19.1 Å². The molecule has 0 aliphatic rings. The zero-order chi connectivity index (χ0) is 12.7. The number of nitrogens with one attached hydrogen (secondary N) is 2. The summed E-state index contributed by atoms with van der Waals surface area (Å²) in [5, 5.41) is 5.66. The monoisotopic (exact) mass is 362 g/mol. The largest absolute Gasteiger partial charge is 0.370 e. The smallest absolute Gasteiger partial charge is 0.251 e. The average molecular weight is 362 g/mol. The number of hydrogen-bond donors (Lipinski definition) is 3. The van der Waals surface area contributed by atoms with E-state index in [1.54, 1.807) is 13.1 Å². The maximum Gasteiger partial charge on any atom is 0.251 e. The zero-order valence-electron chi connectivity index (χ0n) is 10.6. The first-order valence-corrected chi connectivity index (χ1v) is 5.44. The van der Waals surface area contributed by atoms with Crippen LogP contribution in [-0.2, 0) is 0 Å². The molecule has 0 bridgehead atoms. The molecule has 0 heterocycles. The Morgan fingerprint density at radius 3 is 2.61 bits per heavy atom. The maximum atomic E-state index is 11.7. The normalized spacial score (nSPS) is 10.4. The van der Waals surface area contributed by atoms with Gasteiger partial charge in [0.15, 0.2) is 5.96 Å². The van der Waals surface area contributed by atoms with Crippen LogP contribution < -0.4 is 16.4 Å². The van der Waals surface area contributed by atoms with Crippen LogP contribution in [0.1, 0.15) is 15.9 Å². The van der Waals surface area contributed by atoms with Gasteiger partial charge in [0, 0.05) is 25.7 Å². The second kappa shape index (κ2) is 8.73. The molecule has 100 valence electrons. The number of aryl methyl sites for hydroxylation is 1. The van der Waals surface area contributed by atoms with Gasteiger partial charge in [-0.15, -0.1) is 24.0 Å². The fourth-order valence-electron chi connectivity index (χ4n) is 1.33. The lowest BCUT2D eigenvalue weighted by molar-refractivity contribution is 0.0954. The Labute approximate surface area is 124 Å². The van der Waals surface area contributed by atoms with Crippen LogP contribution in [0.15, 0.2) is 29.3 Å². The lowest BCUT2D eigenvalue weighted by Gasteiger charge is -2.07. The third kappa shape index (κ3) is 5.85. The van der Waals surface area contributed by atoms with Crippen molar-refractivity contribution >= 4 is 35.8 Å². The van der Waals surface area contributed by atoms with Crippen molar-refractivity contribution in [1.82, 2.24) is 10.6 Å². The van der Waals surface area contributed by atoms with E-state index in [-0.39, 0.29) is 29.9 Å². The number of aliphatic imine (C=N–C) groups is 1. The highest BCUT2D eigenvalue weighted by Gasteiger charge is 2.03. The molecule has 0 atom stereocenters. The van der Waals surface area contributed by atoms with E-state index in [1.807, 2.05) is 25.1 Å². The molecule has 0 unspecified atom stereocenters. The Morgan fingerprint density at radius 1 is 1.33 bits per heavy atom. The Kier molecular flexibility index (Phi) is 8.10.